The van der Waals surface area contributed by atoms with E-state index in [2.05, 4.69) is 5.32 Å². The quantitative estimate of drug-likeness (QED) is 0.548. The molecular weight excluding hydrogens is 298 g/mol. The Bertz CT molecular complexity index is 562. The van der Waals surface area contributed by atoms with Crippen molar-refractivity contribution < 1.29 is 25.2 Å². The molecular formula is C17H21NO5. The van der Waals surface area contributed by atoms with Crippen molar-refractivity contribution in [1.29, 1.82) is 0 Å². The molecule has 6 nitrogen and oxygen atoms in total. The predicted octanol–water partition coefficient (Wildman–Crippen LogP) is 1.26. The monoisotopic (exact) mass is 319 g/mol. The minimum absolute atomic E-state index is 0.208. The summed E-state index contributed by atoms with van der Waals surface area (Å²) in [5.41, 5.74) is 1.35. The number of rotatable bonds is 6. The first kappa shape index (κ1) is 18.6. The Kier molecular flexibility index (Phi) is 8.38. The van der Waals surface area contributed by atoms with Gasteiger partial charge in [-0.25, -0.2) is 4.79 Å². The Labute approximate surface area is 134 Å². The molecule has 0 amide bonds. The van der Waals surface area contributed by atoms with Crippen LogP contribution >= 0.6 is 0 Å². The Morgan fingerprint density at radius 1 is 0.957 bits per heavy atom. The van der Waals surface area contributed by atoms with E-state index in [1.54, 1.807) is 30.3 Å². The number of hydrogen-bond donors (Lipinski definition) is 5. The topological polar surface area (TPSA) is 110 Å². The van der Waals surface area contributed by atoms with Crippen LogP contribution in [0.1, 0.15) is 11.7 Å². The third-order valence-corrected chi connectivity index (χ3v) is 2.88. The summed E-state index contributed by atoms with van der Waals surface area (Å²) in [7, 11) is 0. The van der Waals surface area contributed by atoms with Crippen LogP contribution in [0, 0.1) is 0 Å². The van der Waals surface area contributed by atoms with Crippen molar-refractivity contribution >= 4 is 11.7 Å². The summed E-state index contributed by atoms with van der Waals surface area (Å²) < 4.78 is 0. The summed E-state index contributed by atoms with van der Waals surface area (Å²) in [4.78, 5) is 10.2. The summed E-state index contributed by atoms with van der Waals surface area (Å²) in [5.74, 6) is -1.23. The van der Waals surface area contributed by atoms with Gasteiger partial charge in [-0.2, -0.15) is 0 Å². The van der Waals surface area contributed by atoms with Crippen LogP contribution in [-0.4, -0.2) is 45.7 Å². The zero-order chi connectivity index (χ0) is 17.1. The van der Waals surface area contributed by atoms with Gasteiger partial charge >= 0.3 is 5.97 Å². The van der Waals surface area contributed by atoms with Crippen LogP contribution in [0.4, 0.5) is 5.69 Å². The largest absolute Gasteiger partial charge is 0.479 e. The maximum atomic E-state index is 10.2. The Hall–Kier alpha value is -2.41. The van der Waals surface area contributed by atoms with Crippen LogP contribution in [0.2, 0.25) is 0 Å². The number of nitrogens with one attached hydrogen (secondary N) is 1. The Morgan fingerprint density at radius 2 is 1.48 bits per heavy atom. The fourth-order valence-electron chi connectivity index (χ4n) is 1.63. The Balaban J connectivity index is 0.000000231. The van der Waals surface area contributed by atoms with Gasteiger partial charge < -0.3 is 25.7 Å². The van der Waals surface area contributed by atoms with Gasteiger partial charge in [0.25, 0.3) is 0 Å². The minimum atomic E-state index is -1.41. The van der Waals surface area contributed by atoms with Crippen molar-refractivity contribution in [2.24, 2.45) is 0 Å². The van der Waals surface area contributed by atoms with Gasteiger partial charge in [0.1, 0.15) is 0 Å². The molecule has 2 rings (SSSR count). The molecule has 2 aromatic carbocycles. The molecule has 6 heteroatoms. The highest BCUT2D eigenvalue weighted by Gasteiger charge is 2.14. The first-order valence-corrected chi connectivity index (χ1v) is 7.08. The summed E-state index contributed by atoms with van der Waals surface area (Å²) >= 11 is 0. The normalized spacial score (nSPS) is 12.5. The molecule has 5 N–H and O–H groups in total. The number of aliphatic carboxylic acids is 1. The zero-order valence-electron chi connectivity index (χ0n) is 12.5. The van der Waals surface area contributed by atoms with Crippen molar-refractivity contribution in [3.05, 3.63) is 66.2 Å². The minimum Gasteiger partial charge on any atom is -0.479 e. The zero-order valence-corrected chi connectivity index (χ0v) is 12.5. The number of carbonyl (C=O) groups is 1. The second-order valence-corrected chi connectivity index (χ2v) is 4.73. The molecule has 0 spiro atoms. The lowest BCUT2D eigenvalue weighted by Crippen LogP contribution is -2.22. The summed E-state index contributed by atoms with van der Waals surface area (Å²) in [5, 5.41) is 37.9. The number of anilines is 1. The van der Waals surface area contributed by atoms with Gasteiger partial charge in [0.15, 0.2) is 6.10 Å². The first-order valence-electron chi connectivity index (χ1n) is 7.08. The molecule has 124 valence electrons. The van der Waals surface area contributed by atoms with Gasteiger partial charge in [-0.1, -0.05) is 48.5 Å². The van der Waals surface area contributed by atoms with Gasteiger partial charge in [0.05, 0.1) is 12.7 Å². The molecule has 0 bridgehead atoms. The van der Waals surface area contributed by atoms with Gasteiger partial charge in [0, 0.05) is 12.2 Å². The molecule has 0 aliphatic carbocycles. The first-order chi connectivity index (χ1) is 11.0. The van der Waals surface area contributed by atoms with Gasteiger partial charge in [-0.3, -0.25) is 0 Å². The van der Waals surface area contributed by atoms with Gasteiger partial charge in [-0.15, -0.1) is 0 Å². The summed E-state index contributed by atoms with van der Waals surface area (Å²) in [6.07, 6.45) is -2.10. The van der Waals surface area contributed by atoms with E-state index in [-0.39, 0.29) is 6.61 Å². The van der Waals surface area contributed by atoms with Gasteiger partial charge in [0.2, 0.25) is 0 Å². The van der Waals surface area contributed by atoms with E-state index >= 15 is 0 Å². The average molecular weight is 319 g/mol. The van der Waals surface area contributed by atoms with E-state index in [4.69, 9.17) is 20.4 Å². The van der Waals surface area contributed by atoms with E-state index in [0.29, 0.717) is 12.1 Å². The SMILES string of the molecule is O=C(O)[C@@H](O)c1ccccc1.OC[C@H](O)CNc1ccccc1. The van der Waals surface area contributed by atoms with Crippen molar-refractivity contribution in [2.75, 3.05) is 18.5 Å². The molecule has 0 aliphatic heterocycles. The number of hydrogen-bond acceptors (Lipinski definition) is 5. The molecule has 0 heterocycles. The van der Waals surface area contributed by atoms with E-state index < -0.39 is 18.2 Å². The van der Waals surface area contributed by atoms with Crippen molar-refractivity contribution in [2.45, 2.75) is 12.2 Å². The van der Waals surface area contributed by atoms with Crippen LogP contribution in [0.3, 0.4) is 0 Å². The van der Waals surface area contributed by atoms with Crippen LogP contribution in [-0.2, 0) is 4.79 Å². The highest BCUT2D eigenvalue weighted by atomic mass is 16.4. The fraction of sp³-hybridized carbons (Fsp3) is 0.235. The number of aliphatic hydroxyl groups excluding tert-OH is 3. The summed E-state index contributed by atoms with van der Waals surface area (Å²) in [6.45, 7) is 0.167. The molecule has 0 unspecified atom stereocenters. The standard InChI is InChI=1S/C9H13NO2.C8H8O3/c11-7-9(12)6-10-8-4-2-1-3-5-8;9-7(8(10)11)6-4-2-1-3-5-6/h1-5,9-12H,6-7H2;1-5,7,9H,(H,10,11)/t9-;7-/m10/s1. The number of aliphatic hydroxyl groups is 3. The van der Waals surface area contributed by atoms with E-state index in [9.17, 15) is 4.79 Å². The third kappa shape index (κ3) is 7.42. The molecule has 0 fully saturated rings. The molecule has 0 aromatic heterocycles. The van der Waals surface area contributed by atoms with E-state index in [1.165, 1.54) is 0 Å². The lowest BCUT2D eigenvalue weighted by molar-refractivity contribution is -0.146. The van der Waals surface area contributed by atoms with Gasteiger partial charge in [-0.05, 0) is 17.7 Å². The van der Waals surface area contributed by atoms with E-state index in [1.807, 2.05) is 30.3 Å². The van der Waals surface area contributed by atoms with Crippen molar-refractivity contribution in [1.82, 2.24) is 0 Å². The Morgan fingerprint density at radius 3 is 1.96 bits per heavy atom. The highest BCUT2D eigenvalue weighted by Crippen LogP contribution is 2.11. The second-order valence-electron chi connectivity index (χ2n) is 4.73. The molecule has 0 aliphatic rings. The number of benzene rings is 2. The molecule has 0 saturated heterocycles. The number of para-hydroxylation sites is 1. The third-order valence-electron chi connectivity index (χ3n) is 2.88. The lowest BCUT2D eigenvalue weighted by Gasteiger charge is -2.09. The molecule has 23 heavy (non-hydrogen) atoms. The maximum Gasteiger partial charge on any atom is 0.337 e. The lowest BCUT2D eigenvalue weighted by atomic mass is 10.1. The van der Waals surface area contributed by atoms with E-state index in [0.717, 1.165) is 5.69 Å². The number of carboxylic acid groups (broad SMARTS) is 1. The average Bonchev–Trinajstić information content (AvgIpc) is 2.61. The summed E-state index contributed by atoms with van der Waals surface area (Å²) in [6, 6.07) is 17.8. The number of carboxylic acids is 1. The highest BCUT2D eigenvalue weighted by molar-refractivity contribution is 5.73. The van der Waals surface area contributed by atoms with Crippen molar-refractivity contribution in [3.63, 3.8) is 0 Å². The second kappa shape index (κ2) is 10.3. The molecule has 2 aromatic rings. The van der Waals surface area contributed by atoms with Crippen LogP contribution in [0.15, 0.2) is 60.7 Å². The molecule has 2 atom stereocenters. The van der Waals surface area contributed by atoms with Crippen LogP contribution in [0.25, 0.3) is 0 Å². The molecule has 0 saturated carbocycles. The predicted molar refractivity (Wildman–Crippen MR) is 87.1 cm³/mol. The van der Waals surface area contributed by atoms with Crippen molar-refractivity contribution in [3.8, 4) is 0 Å². The molecule has 0 radical (unpaired) electrons. The smallest absolute Gasteiger partial charge is 0.337 e. The maximum absolute atomic E-state index is 10.2. The van der Waals surface area contributed by atoms with Crippen LogP contribution < -0.4 is 5.32 Å². The van der Waals surface area contributed by atoms with Crippen LogP contribution in [0.5, 0.6) is 0 Å². The fourth-order valence-corrected chi connectivity index (χ4v) is 1.63.